The highest BCUT2D eigenvalue weighted by Crippen LogP contribution is 2.35. The molecule has 1 aromatic heterocycles. The van der Waals surface area contributed by atoms with Crippen molar-refractivity contribution in [1.29, 1.82) is 0 Å². The Hall–Kier alpha value is -3.11. The number of hydrogen-bond donors (Lipinski definition) is 1. The van der Waals surface area contributed by atoms with Crippen LogP contribution in [0.4, 0.5) is 5.82 Å². The molecular weight excluding hydrogens is 370 g/mol. The van der Waals surface area contributed by atoms with Crippen LogP contribution in [-0.4, -0.2) is 23.0 Å². The van der Waals surface area contributed by atoms with E-state index in [0.717, 1.165) is 33.5 Å². The molecule has 5 heteroatoms. The molecule has 4 rings (SSSR count). The van der Waals surface area contributed by atoms with Crippen molar-refractivity contribution in [3.8, 4) is 28.1 Å². The van der Waals surface area contributed by atoms with Crippen LogP contribution in [0.2, 0.25) is 0 Å². The van der Waals surface area contributed by atoms with Gasteiger partial charge in [-0.3, -0.25) is 0 Å². The lowest BCUT2D eigenvalue weighted by molar-refractivity contribution is 0.411. The highest BCUT2D eigenvalue weighted by atomic mass is 35.5. The smallest absolute Gasteiger partial charge is 0.150 e. The lowest BCUT2D eigenvalue weighted by Crippen LogP contribution is -2.01. The number of hydrogen-bond acceptors (Lipinski definition) is 4. The fraction of sp³-hybridized carbons (Fsp3) is 0.130. The first kappa shape index (κ1) is 18.3. The van der Waals surface area contributed by atoms with E-state index < -0.39 is 0 Å². The summed E-state index contributed by atoms with van der Waals surface area (Å²) in [7, 11) is 1.64. The third-order valence-corrected chi connectivity index (χ3v) is 4.91. The standard InChI is InChI=1S/C23H20ClN3O/c1-28-21-14-20-19(13-16(21)11-12-24)26-22(23(25)27-20)18-10-6-5-9-17(18)15-7-3-2-4-8-15/h2-10,13-14H,11-12H2,1H3,(H2,25,27). The van der Waals surface area contributed by atoms with Gasteiger partial charge in [0.15, 0.2) is 5.82 Å². The highest BCUT2D eigenvalue weighted by Gasteiger charge is 2.15. The zero-order valence-corrected chi connectivity index (χ0v) is 16.3. The average Bonchev–Trinajstić information content (AvgIpc) is 2.74. The number of nitrogens with zero attached hydrogens (tertiary/aromatic N) is 2. The number of halogens is 1. The lowest BCUT2D eigenvalue weighted by atomic mass is 9.97. The van der Waals surface area contributed by atoms with E-state index in [2.05, 4.69) is 23.2 Å². The monoisotopic (exact) mass is 389 g/mol. The van der Waals surface area contributed by atoms with Crippen molar-refractivity contribution in [2.24, 2.45) is 0 Å². The van der Waals surface area contributed by atoms with Gasteiger partial charge in [-0.25, -0.2) is 9.97 Å². The Balaban J connectivity index is 1.92. The molecule has 0 fully saturated rings. The predicted molar refractivity (Wildman–Crippen MR) is 116 cm³/mol. The van der Waals surface area contributed by atoms with E-state index in [4.69, 9.17) is 27.1 Å². The minimum atomic E-state index is 0.392. The van der Waals surface area contributed by atoms with Crippen molar-refractivity contribution < 1.29 is 4.74 Å². The Bertz CT molecular complexity index is 1130. The summed E-state index contributed by atoms with van der Waals surface area (Å²) < 4.78 is 5.47. The first-order chi connectivity index (χ1) is 13.7. The molecule has 0 radical (unpaired) electrons. The van der Waals surface area contributed by atoms with Gasteiger partial charge in [-0.2, -0.15) is 0 Å². The van der Waals surface area contributed by atoms with Crippen LogP contribution in [0.25, 0.3) is 33.4 Å². The van der Waals surface area contributed by atoms with E-state index >= 15 is 0 Å². The van der Waals surface area contributed by atoms with Gasteiger partial charge >= 0.3 is 0 Å². The second-order valence-electron chi connectivity index (χ2n) is 6.46. The summed E-state index contributed by atoms with van der Waals surface area (Å²) in [5.41, 5.74) is 12.6. The largest absolute Gasteiger partial charge is 0.496 e. The summed E-state index contributed by atoms with van der Waals surface area (Å²) in [4.78, 5) is 9.46. The summed E-state index contributed by atoms with van der Waals surface area (Å²) in [6, 6.07) is 22.1. The van der Waals surface area contributed by atoms with Crippen LogP contribution < -0.4 is 10.5 Å². The van der Waals surface area contributed by atoms with E-state index in [9.17, 15) is 0 Å². The van der Waals surface area contributed by atoms with Crippen LogP contribution in [-0.2, 0) is 6.42 Å². The third-order valence-electron chi connectivity index (χ3n) is 4.72. The predicted octanol–water partition coefficient (Wildman–Crippen LogP) is 5.34. The topological polar surface area (TPSA) is 61.0 Å². The summed E-state index contributed by atoms with van der Waals surface area (Å²) in [6.45, 7) is 0. The quantitative estimate of drug-likeness (QED) is 0.468. The zero-order chi connectivity index (χ0) is 19.5. The number of aryl methyl sites for hydroxylation is 1. The SMILES string of the molecule is COc1cc2nc(N)c(-c3ccccc3-c3ccccc3)nc2cc1CCCl. The van der Waals surface area contributed by atoms with Crippen molar-refractivity contribution in [1.82, 2.24) is 9.97 Å². The van der Waals surface area contributed by atoms with Crippen LogP contribution in [0.5, 0.6) is 5.75 Å². The molecule has 0 amide bonds. The molecule has 1 heterocycles. The van der Waals surface area contributed by atoms with Gasteiger partial charge in [0, 0.05) is 17.5 Å². The molecule has 0 saturated heterocycles. The van der Waals surface area contributed by atoms with E-state index in [1.54, 1.807) is 7.11 Å². The normalized spacial score (nSPS) is 10.9. The number of benzene rings is 3. The van der Waals surface area contributed by atoms with Crippen LogP contribution in [0, 0.1) is 0 Å². The second-order valence-corrected chi connectivity index (χ2v) is 6.84. The number of anilines is 1. The van der Waals surface area contributed by atoms with Crippen LogP contribution in [0.3, 0.4) is 0 Å². The minimum absolute atomic E-state index is 0.392. The molecule has 0 bridgehead atoms. The van der Waals surface area contributed by atoms with Gasteiger partial charge in [0.05, 0.1) is 18.1 Å². The summed E-state index contributed by atoms with van der Waals surface area (Å²) in [5.74, 6) is 1.65. The van der Waals surface area contributed by atoms with Gasteiger partial charge in [-0.15, -0.1) is 11.6 Å². The van der Waals surface area contributed by atoms with Crippen molar-refractivity contribution in [3.05, 3.63) is 72.3 Å². The molecule has 4 aromatic rings. The number of methoxy groups -OCH3 is 1. The minimum Gasteiger partial charge on any atom is -0.496 e. The Labute approximate surface area is 169 Å². The second kappa shape index (κ2) is 7.87. The van der Waals surface area contributed by atoms with Crippen LogP contribution in [0.1, 0.15) is 5.56 Å². The van der Waals surface area contributed by atoms with E-state index in [0.29, 0.717) is 29.3 Å². The fourth-order valence-corrected chi connectivity index (χ4v) is 3.59. The molecule has 0 unspecified atom stereocenters. The molecule has 28 heavy (non-hydrogen) atoms. The molecule has 3 aromatic carbocycles. The summed E-state index contributed by atoms with van der Waals surface area (Å²) in [5, 5.41) is 0. The number of nitrogens with two attached hydrogens (primary N) is 1. The Morgan fingerprint density at radius 1 is 0.893 bits per heavy atom. The molecule has 0 aliphatic carbocycles. The highest BCUT2D eigenvalue weighted by molar-refractivity contribution is 6.18. The maximum atomic E-state index is 6.32. The molecule has 140 valence electrons. The first-order valence-electron chi connectivity index (χ1n) is 9.06. The zero-order valence-electron chi connectivity index (χ0n) is 15.5. The Kier molecular flexibility index (Phi) is 5.13. The first-order valence-corrected chi connectivity index (χ1v) is 9.59. The van der Waals surface area contributed by atoms with Gasteiger partial charge < -0.3 is 10.5 Å². The fourth-order valence-electron chi connectivity index (χ4n) is 3.38. The molecule has 2 N–H and O–H groups in total. The molecule has 0 saturated carbocycles. The average molecular weight is 390 g/mol. The number of nitrogen functional groups attached to an aromatic ring is 1. The number of alkyl halides is 1. The Morgan fingerprint density at radius 3 is 2.29 bits per heavy atom. The van der Waals surface area contributed by atoms with Gasteiger partial charge in [0.25, 0.3) is 0 Å². The maximum Gasteiger partial charge on any atom is 0.150 e. The molecule has 4 nitrogen and oxygen atoms in total. The van der Waals surface area contributed by atoms with E-state index in [-0.39, 0.29) is 0 Å². The molecule has 0 aliphatic rings. The molecule has 0 atom stereocenters. The number of fused-ring (bicyclic) bond motifs is 1. The third kappa shape index (κ3) is 3.39. The van der Waals surface area contributed by atoms with Crippen molar-refractivity contribution in [2.45, 2.75) is 6.42 Å². The van der Waals surface area contributed by atoms with Gasteiger partial charge in [-0.05, 0) is 29.2 Å². The Morgan fingerprint density at radius 2 is 1.57 bits per heavy atom. The van der Waals surface area contributed by atoms with Gasteiger partial charge in [-0.1, -0.05) is 54.6 Å². The summed E-state index contributed by atoms with van der Waals surface area (Å²) in [6.07, 6.45) is 0.697. The molecular formula is C23H20ClN3O. The maximum absolute atomic E-state index is 6.32. The number of rotatable bonds is 5. The van der Waals surface area contributed by atoms with E-state index in [1.807, 2.05) is 48.5 Å². The van der Waals surface area contributed by atoms with Gasteiger partial charge in [0.1, 0.15) is 11.4 Å². The molecule has 0 spiro atoms. The van der Waals surface area contributed by atoms with Gasteiger partial charge in [0.2, 0.25) is 0 Å². The number of aromatic nitrogens is 2. The molecule has 0 aliphatic heterocycles. The van der Waals surface area contributed by atoms with Crippen molar-refractivity contribution in [2.75, 3.05) is 18.7 Å². The lowest BCUT2D eigenvalue weighted by Gasteiger charge is -2.13. The van der Waals surface area contributed by atoms with Crippen molar-refractivity contribution in [3.63, 3.8) is 0 Å². The van der Waals surface area contributed by atoms with Crippen LogP contribution in [0.15, 0.2) is 66.7 Å². The van der Waals surface area contributed by atoms with Crippen LogP contribution >= 0.6 is 11.6 Å². The summed E-state index contributed by atoms with van der Waals surface area (Å²) >= 11 is 5.95. The van der Waals surface area contributed by atoms with Crippen molar-refractivity contribution >= 4 is 28.5 Å². The number of ether oxygens (including phenoxy) is 1. The van der Waals surface area contributed by atoms with E-state index in [1.165, 1.54) is 0 Å².